The van der Waals surface area contributed by atoms with E-state index in [1.54, 1.807) is 18.9 Å². The highest BCUT2D eigenvalue weighted by molar-refractivity contribution is 5.93. The van der Waals surface area contributed by atoms with Gasteiger partial charge in [-0.15, -0.1) is 10.2 Å². The lowest BCUT2D eigenvalue weighted by Crippen LogP contribution is -2.41. The molecule has 2 aromatic rings. The van der Waals surface area contributed by atoms with Crippen molar-refractivity contribution in [3.8, 4) is 0 Å². The summed E-state index contributed by atoms with van der Waals surface area (Å²) in [5.41, 5.74) is 0.986. The van der Waals surface area contributed by atoms with E-state index >= 15 is 0 Å². The summed E-state index contributed by atoms with van der Waals surface area (Å²) in [5, 5.41) is 12.8. The number of fused-ring (bicyclic) bond motifs is 1. The molecule has 0 bridgehead atoms. The molecule has 4 rings (SSSR count). The molecule has 0 atom stereocenters. The van der Waals surface area contributed by atoms with Crippen LogP contribution in [0.15, 0.2) is 4.52 Å². The maximum atomic E-state index is 13.1. The Morgan fingerprint density at radius 2 is 1.88 bits per heavy atom. The molecule has 0 aromatic carbocycles. The number of hydrogen-bond acceptors (Lipinski definition) is 7. The highest BCUT2D eigenvalue weighted by atomic mass is 16.5. The van der Waals surface area contributed by atoms with Crippen molar-refractivity contribution in [1.29, 1.82) is 0 Å². The summed E-state index contributed by atoms with van der Waals surface area (Å²) < 4.78 is 12.6. The lowest BCUT2D eigenvalue weighted by Gasteiger charge is -2.33. The number of carbonyl (C=O) groups excluding carboxylic acids is 2. The van der Waals surface area contributed by atoms with Crippen LogP contribution in [-0.4, -0.2) is 68.3 Å². The van der Waals surface area contributed by atoms with Crippen molar-refractivity contribution < 1.29 is 18.8 Å². The quantitative estimate of drug-likeness (QED) is 0.672. The van der Waals surface area contributed by atoms with Gasteiger partial charge >= 0.3 is 0 Å². The van der Waals surface area contributed by atoms with Gasteiger partial charge in [0, 0.05) is 45.6 Å². The van der Waals surface area contributed by atoms with Gasteiger partial charge in [-0.1, -0.05) is 19.0 Å². The molecule has 0 spiro atoms. The molecule has 0 aliphatic carbocycles. The number of rotatable bonds is 6. The summed E-state index contributed by atoms with van der Waals surface area (Å²) in [4.78, 5) is 29.1. The van der Waals surface area contributed by atoms with E-state index in [-0.39, 0.29) is 24.3 Å². The molecule has 2 aliphatic rings. The van der Waals surface area contributed by atoms with Gasteiger partial charge in [-0.3, -0.25) is 9.59 Å². The third-order valence-electron chi connectivity index (χ3n) is 6.34. The van der Waals surface area contributed by atoms with Gasteiger partial charge in [-0.2, -0.15) is 0 Å². The molecule has 174 valence electrons. The second-order valence-corrected chi connectivity index (χ2v) is 9.10. The third-order valence-corrected chi connectivity index (χ3v) is 6.34. The van der Waals surface area contributed by atoms with Crippen LogP contribution in [0.25, 0.3) is 0 Å². The Balaban J connectivity index is 1.41. The van der Waals surface area contributed by atoms with E-state index in [2.05, 4.69) is 33.8 Å². The number of likely N-dealkylation sites (tertiary alicyclic amines) is 1. The van der Waals surface area contributed by atoms with Crippen molar-refractivity contribution in [1.82, 2.24) is 29.7 Å². The fourth-order valence-electron chi connectivity index (χ4n) is 4.54. The summed E-state index contributed by atoms with van der Waals surface area (Å²) in [7, 11) is 1.58. The average Bonchev–Trinajstić information content (AvgIpc) is 3.36. The Bertz CT molecular complexity index is 973. The first-order chi connectivity index (χ1) is 15.4. The van der Waals surface area contributed by atoms with Crippen LogP contribution in [0, 0.1) is 12.8 Å². The standard InChI is InChI=1S/C22H32N6O4/c1-14(2)11-19(29)26-7-5-16(6-8-26)21-24-23-18-12-27(9-10-28(18)21)22(30)20-17(13-31-4)15(3)32-25-20/h14,16H,5-13H2,1-4H3. The van der Waals surface area contributed by atoms with E-state index in [0.717, 1.165) is 37.6 Å². The Kier molecular flexibility index (Phi) is 6.59. The molecular weight excluding hydrogens is 412 g/mol. The highest BCUT2D eigenvalue weighted by Crippen LogP contribution is 2.29. The Morgan fingerprint density at radius 1 is 1.12 bits per heavy atom. The molecule has 1 saturated heterocycles. The van der Waals surface area contributed by atoms with Crippen LogP contribution < -0.4 is 0 Å². The summed E-state index contributed by atoms with van der Waals surface area (Å²) in [6.45, 7) is 9.31. The van der Waals surface area contributed by atoms with Crippen molar-refractivity contribution in [3.05, 3.63) is 28.7 Å². The first-order valence-electron chi connectivity index (χ1n) is 11.3. The molecule has 2 aromatic heterocycles. The van der Waals surface area contributed by atoms with Gasteiger partial charge in [-0.05, 0) is 25.7 Å². The molecule has 0 saturated carbocycles. The number of piperidine rings is 1. The maximum absolute atomic E-state index is 13.1. The van der Waals surface area contributed by atoms with E-state index < -0.39 is 0 Å². The van der Waals surface area contributed by atoms with Crippen molar-refractivity contribution in [2.75, 3.05) is 26.7 Å². The number of carbonyl (C=O) groups is 2. The first kappa shape index (κ1) is 22.4. The van der Waals surface area contributed by atoms with Crippen molar-refractivity contribution in [3.63, 3.8) is 0 Å². The summed E-state index contributed by atoms with van der Waals surface area (Å²) in [5.74, 6) is 3.07. The van der Waals surface area contributed by atoms with Gasteiger partial charge in [0.05, 0.1) is 18.7 Å². The van der Waals surface area contributed by atoms with Crippen LogP contribution in [0.2, 0.25) is 0 Å². The summed E-state index contributed by atoms with van der Waals surface area (Å²) >= 11 is 0. The van der Waals surface area contributed by atoms with Crippen LogP contribution in [0.3, 0.4) is 0 Å². The summed E-state index contributed by atoms with van der Waals surface area (Å²) in [6.07, 6.45) is 2.39. The number of aryl methyl sites for hydroxylation is 1. The Hall–Kier alpha value is -2.75. The van der Waals surface area contributed by atoms with Crippen molar-refractivity contribution >= 4 is 11.8 Å². The molecule has 2 aliphatic heterocycles. The van der Waals surface area contributed by atoms with Gasteiger partial charge in [0.25, 0.3) is 5.91 Å². The van der Waals surface area contributed by atoms with Crippen LogP contribution in [0.5, 0.6) is 0 Å². The molecule has 32 heavy (non-hydrogen) atoms. The highest BCUT2D eigenvalue weighted by Gasteiger charge is 2.32. The number of aromatic nitrogens is 4. The minimum absolute atomic E-state index is 0.179. The van der Waals surface area contributed by atoms with Gasteiger partial charge in [0.15, 0.2) is 11.5 Å². The summed E-state index contributed by atoms with van der Waals surface area (Å²) in [6, 6.07) is 0. The molecule has 0 radical (unpaired) electrons. The number of amides is 2. The zero-order valence-electron chi connectivity index (χ0n) is 19.3. The molecule has 10 nitrogen and oxygen atoms in total. The number of nitrogens with zero attached hydrogens (tertiary/aromatic N) is 6. The van der Waals surface area contributed by atoms with Crippen LogP contribution in [0.1, 0.15) is 72.5 Å². The van der Waals surface area contributed by atoms with Crippen LogP contribution >= 0.6 is 0 Å². The van der Waals surface area contributed by atoms with E-state index in [1.165, 1.54) is 0 Å². The van der Waals surface area contributed by atoms with Gasteiger partial charge in [0.1, 0.15) is 11.6 Å². The predicted octanol–water partition coefficient (Wildman–Crippen LogP) is 2.13. The molecule has 0 N–H and O–H groups in total. The van der Waals surface area contributed by atoms with Gasteiger partial charge in [0.2, 0.25) is 5.91 Å². The Labute approximate surface area is 187 Å². The molecule has 4 heterocycles. The van der Waals surface area contributed by atoms with E-state index in [0.29, 0.717) is 49.0 Å². The fourth-order valence-corrected chi connectivity index (χ4v) is 4.54. The maximum Gasteiger partial charge on any atom is 0.276 e. The fraction of sp³-hybridized carbons (Fsp3) is 0.682. The molecular formula is C22H32N6O4. The van der Waals surface area contributed by atoms with Crippen LogP contribution in [0.4, 0.5) is 0 Å². The Morgan fingerprint density at radius 3 is 2.56 bits per heavy atom. The molecule has 0 unspecified atom stereocenters. The zero-order chi connectivity index (χ0) is 22.8. The van der Waals surface area contributed by atoms with Crippen molar-refractivity contribution in [2.24, 2.45) is 5.92 Å². The lowest BCUT2D eigenvalue weighted by molar-refractivity contribution is -0.133. The molecule has 1 fully saturated rings. The SMILES string of the molecule is COCc1c(C(=O)N2CCn3c(nnc3C3CCN(C(=O)CC(C)C)CC3)C2)noc1C. The first-order valence-corrected chi connectivity index (χ1v) is 11.3. The van der Waals surface area contributed by atoms with E-state index in [4.69, 9.17) is 9.26 Å². The van der Waals surface area contributed by atoms with E-state index in [1.807, 2.05) is 4.90 Å². The predicted molar refractivity (Wildman–Crippen MR) is 115 cm³/mol. The minimum Gasteiger partial charge on any atom is -0.380 e. The average molecular weight is 445 g/mol. The molecule has 10 heteroatoms. The normalized spacial score (nSPS) is 17.2. The van der Waals surface area contributed by atoms with Gasteiger partial charge < -0.3 is 23.6 Å². The molecule has 2 amide bonds. The monoisotopic (exact) mass is 444 g/mol. The van der Waals surface area contributed by atoms with Crippen LogP contribution in [-0.2, 0) is 29.2 Å². The topological polar surface area (TPSA) is 107 Å². The minimum atomic E-state index is -0.179. The van der Waals surface area contributed by atoms with Crippen molar-refractivity contribution in [2.45, 2.75) is 65.6 Å². The largest absolute Gasteiger partial charge is 0.380 e. The number of methoxy groups -OCH3 is 1. The van der Waals surface area contributed by atoms with E-state index in [9.17, 15) is 9.59 Å². The lowest BCUT2D eigenvalue weighted by atomic mass is 9.95. The zero-order valence-corrected chi connectivity index (χ0v) is 19.3. The number of hydrogen-bond donors (Lipinski definition) is 0. The second-order valence-electron chi connectivity index (χ2n) is 9.10. The smallest absolute Gasteiger partial charge is 0.276 e. The second kappa shape index (κ2) is 9.40. The third kappa shape index (κ3) is 4.41. The number of ether oxygens (including phenoxy) is 1. The van der Waals surface area contributed by atoms with Gasteiger partial charge in [-0.25, -0.2) is 0 Å².